The molecule has 3 nitrogen and oxygen atoms in total. The minimum absolute atomic E-state index is 0.143. The lowest BCUT2D eigenvalue weighted by Crippen LogP contribution is -2.27. The Balaban J connectivity index is 2.47. The molecule has 0 unspecified atom stereocenters. The van der Waals surface area contributed by atoms with Gasteiger partial charge < -0.3 is 5.32 Å². The van der Waals surface area contributed by atoms with Crippen molar-refractivity contribution in [3.63, 3.8) is 0 Å². The molecule has 0 saturated carbocycles. The lowest BCUT2D eigenvalue weighted by Gasteiger charge is -2.19. The number of para-hydroxylation sites is 1. The van der Waals surface area contributed by atoms with Gasteiger partial charge in [0.25, 0.3) is 0 Å². The van der Waals surface area contributed by atoms with Crippen LogP contribution in [0.4, 0.5) is 10.1 Å². The molecule has 110 valence electrons. The van der Waals surface area contributed by atoms with Crippen molar-refractivity contribution in [1.29, 1.82) is 0 Å². The molecule has 0 aliphatic heterocycles. The van der Waals surface area contributed by atoms with Gasteiger partial charge in [0.2, 0.25) is 5.91 Å². The Morgan fingerprint density at radius 2 is 1.86 bits per heavy atom. The van der Waals surface area contributed by atoms with E-state index in [-0.39, 0.29) is 11.1 Å². The minimum atomic E-state index is -0.600. The van der Waals surface area contributed by atoms with E-state index in [1.807, 2.05) is 20.8 Å². The molecule has 0 fully saturated rings. The molecule has 0 radical (unpaired) electrons. The Labute approximate surface area is 128 Å². The maximum Gasteiger partial charge on any atom is 0.229 e. The van der Waals surface area contributed by atoms with Crippen molar-refractivity contribution in [1.82, 2.24) is 4.98 Å². The second-order valence-electron chi connectivity index (χ2n) is 5.71. The van der Waals surface area contributed by atoms with Crippen LogP contribution in [-0.2, 0) is 4.79 Å². The highest BCUT2D eigenvalue weighted by molar-refractivity contribution is 6.29. The topological polar surface area (TPSA) is 42.0 Å². The van der Waals surface area contributed by atoms with Gasteiger partial charge >= 0.3 is 0 Å². The van der Waals surface area contributed by atoms with Gasteiger partial charge in [0, 0.05) is 28.4 Å². The lowest BCUT2D eigenvalue weighted by molar-refractivity contribution is -0.123. The van der Waals surface area contributed by atoms with Crippen molar-refractivity contribution in [2.45, 2.75) is 20.8 Å². The van der Waals surface area contributed by atoms with Crippen LogP contribution in [0.1, 0.15) is 20.8 Å². The third-order valence-electron chi connectivity index (χ3n) is 2.99. The van der Waals surface area contributed by atoms with Gasteiger partial charge in [0.1, 0.15) is 0 Å². The van der Waals surface area contributed by atoms with Gasteiger partial charge in [-0.25, -0.2) is 9.37 Å². The first-order chi connectivity index (χ1) is 9.80. The zero-order valence-electron chi connectivity index (χ0n) is 12.1. The monoisotopic (exact) mass is 306 g/mol. The molecule has 1 aromatic heterocycles. The van der Waals surface area contributed by atoms with E-state index in [4.69, 9.17) is 11.6 Å². The molecule has 21 heavy (non-hydrogen) atoms. The van der Waals surface area contributed by atoms with Gasteiger partial charge in [-0.15, -0.1) is 0 Å². The van der Waals surface area contributed by atoms with Gasteiger partial charge in [-0.05, 0) is 12.1 Å². The van der Waals surface area contributed by atoms with E-state index in [1.54, 1.807) is 24.3 Å². The van der Waals surface area contributed by atoms with Crippen molar-refractivity contribution in [2.75, 3.05) is 5.32 Å². The third-order valence-corrected chi connectivity index (χ3v) is 3.26. The summed E-state index contributed by atoms with van der Waals surface area (Å²) < 4.78 is 14.1. The van der Waals surface area contributed by atoms with Crippen LogP contribution in [0.15, 0.2) is 36.5 Å². The van der Waals surface area contributed by atoms with Gasteiger partial charge in [-0.3, -0.25) is 4.79 Å². The van der Waals surface area contributed by atoms with Crippen LogP contribution in [-0.4, -0.2) is 10.9 Å². The number of anilines is 1. The standard InChI is InChI=1S/C16H16ClFN2O/c1-16(2,3)15(21)20-12-7-5-4-6-10(12)11-8-9-19-14(17)13(11)18/h4-9H,1-3H3,(H,20,21). The van der Waals surface area contributed by atoms with Gasteiger partial charge in [0.05, 0.1) is 0 Å². The van der Waals surface area contributed by atoms with Crippen molar-refractivity contribution in [3.8, 4) is 11.1 Å². The Bertz CT molecular complexity index is 680. The van der Waals surface area contributed by atoms with E-state index < -0.39 is 11.2 Å². The SMILES string of the molecule is CC(C)(C)C(=O)Nc1ccccc1-c1ccnc(Cl)c1F. The maximum absolute atomic E-state index is 14.1. The summed E-state index contributed by atoms with van der Waals surface area (Å²) in [6.45, 7) is 5.44. The average molecular weight is 307 g/mol. The third kappa shape index (κ3) is 3.39. The first-order valence-corrected chi connectivity index (χ1v) is 6.89. The maximum atomic E-state index is 14.1. The molecule has 2 rings (SSSR count). The number of carbonyl (C=O) groups excluding carboxylic acids is 1. The van der Waals surface area contributed by atoms with E-state index in [1.165, 1.54) is 12.3 Å². The summed E-state index contributed by atoms with van der Waals surface area (Å²) in [6, 6.07) is 8.54. The van der Waals surface area contributed by atoms with E-state index in [2.05, 4.69) is 10.3 Å². The number of aromatic nitrogens is 1. The predicted octanol–water partition coefficient (Wildman–Crippen LogP) is 4.53. The first kappa shape index (κ1) is 15.4. The van der Waals surface area contributed by atoms with Gasteiger partial charge in [0.15, 0.2) is 11.0 Å². The molecular formula is C16H16ClFN2O. The van der Waals surface area contributed by atoms with Crippen LogP contribution >= 0.6 is 11.6 Å². The molecule has 2 aromatic rings. The molecule has 1 amide bonds. The quantitative estimate of drug-likeness (QED) is 0.828. The molecule has 0 saturated heterocycles. The average Bonchev–Trinajstić information content (AvgIpc) is 2.42. The van der Waals surface area contributed by atoms with Gasteiger partial charge in [-0.1, -0.05) is 50.6 Å². The highest BCUT2D eigenvalue weighted by Gasteiger charge is 2.22. The Hall–Kier alpha value is -1.94. The zero-order valence-corrected chi connectivity index (χ0v) is 12.8. The molecule has 0 spiro atoms. The summed E-state index contributed by atoms with van der Waals surface area (Å²) in [5.41, 5.74) is 0.872. The van der Waals surface area contributed by atoms with Crippen LogP contribution in [0.5, 0.6) is 0 Å². The van der Waals surface area contributed by atoms with E-state index in [0.29, 0.717) is 16.8 Å². The van der Waals surface area contributed by atoms with Crippen LogP contribution in [0.25, 0.3) is 11.1 Å². The number of hydrogen-bond acceptors (Lipinski definition) is 2. The lowest BCUT2D eigenvalue weighted by atomic mass is 9.95. The van der Waals surface area contributed by atoms with E-state index in [0.717, 1.165) is 0 Å². The number of nitrogens with one attached hydrogen (secondary N) is 1. The van der Waals surface area contributed by atoms with Crippen LogP contribution in [0, 0.1) is 11.2 Å². The van der Waals surface area contributed by atoms with Crippen molar-refractivity contribution in [2.24, 2.45) is 5.41 Å². The molecule has 0 aliphatic carbocycles. The number of amides is 1. The van der Waals surface area contributed by atoms with Crippen LogP contribution in [0.2, 0.25) is 5.15 Å². The summed E-state index contributed by atoms with van der Waals surface area (Å²) in [5.74, 6) is -0.743. The van der Waals surface area contributed by atoms with Crippen molar-refractivity contribution < 1.29 is 9.18 Å². The molecule has 0 aliphatic rings. The fourth-order valence-corrected chi connectivity index (χ4v) is 1.92. The molecule has 1 aromatic carbocycles. The van der Waals surface area contributed by atoms with Crippen molar-refractivity contribution >= 4 is 23.2 Å². The number of benzene rings is 1. The number of carbonyl (C=O) groups is 1. The number of halogens is 2. The summed E-state index contributed by atoms with van der Waals surface area (Å²) in [6.07, 6.45) is 1.43. The van der Waals surface area contributed by atoms with E-state index >= 15 is 0 Å². The molecule has 1 heterocycles. The Morgan fingerprint density at radius 1 is 1.19 bits per heavy atom. The second-order valence-corrected chi connectivity index (χ2v) is 6.07. The van der Waals surface area contributed by atoms with E-state index in [9.17, 15) is 9.18 Å². The first-order valence-electron chi connectivity index (χ1n) is 6.51. The molecule has 1 N–H and O–H groups in total. The molecule has 0 atom stereocenters. The molecule has 0 bridgehead atoms. The zero-order chi connectivity index (χ0) is 15.6. The minimum Gasteiger partial charge on any atom is -0.325 e. The van der Waals surface area contributed by atoms with Crippen molar-refractivity contribution in [3.05, 3.63) is 47.5 Å². The predicted molar refractivity (Wildman–Crippen MR) is 82.7 cm³/mol. The van der Waals surface area contributed by atoms with Crippen LogP contribution in [0.3, 0.4) is 0 Å². The molecule has 5 heteroatoms. The fourth-order valence-electron chi connectivity index (χ4n) is 1.76. The molecular weight excluding hydrogens is 291 g/mol. The summed E-state index contributed by atoms with van der Waals surface area (Å²) >= 11 is 5.72. The largest absolute Gasteiger partial charge is 0.325 e. The Kier molecular flexibility index (Phi) is 4.28. The number of nitrogens with zero attached hydrogens (tertiary/aromatic N) is 1. The Morgan fingerprint density at radius 3 is 2.52 bits per heavy atom. The second kappa shape index (κ2) is 5.82. The van der Waals surface area contributed by atoms with Gasteiger partial charge in [-0.2, -0.15) is 0 Å². The smallest absolute Gasteiger partial charge is 0.229 e. The highest BCUT2D eigenvalue weighted by atomic mass is 35.5. The highest BCUT2D eigenvalue weighted by Crippen LogP contribution is 2.32. The summed E-state index contributed by atoms with van der Waals surface area (Å²) in [4.78, 5) is 15.8. The normalized spacial score (nSPS) is 11.3. The number of hydrogen-bond donors (Lipinski definition) is 1. The fraction of sp³-hybridized carbons (Fsp3) is 0.250. The number of pyridine rings is 1. The summed E-state index contributed by atoms with van der Waals surface area (Å²) in [5, 5.41) is 2.64. The summed E-state index contributed by atoms with van der Waals surface area (Å²) in [7, 11) is 0. The number of rotatable bonds is 2. The van der Waals surface area contributed by atoms with Crippen LogP contribution < -0.4 is 5.32 Å².